The summed E-state index contributed by atoms with van der Waals surface area (Å²) in [5.41, 5.74) is 5.65. The van der Waals surface area contributed by atoms with Crippen LogP contribution in [0, 0.1) is 0 Å². The number of hydrogen-bond acceptors (Lipinski definition) is 4. The molecule has 5 nitrogen and oxygen atoms in total. The van der Waals surface area contributed by atoms with Gasteiger partial charge in [-0.2, -0.15) is 0 Å². The van der Waals surface area contributed by atoms with E-state index in [0.717, 1.165) is 45.7 Å². The van der Waals surface area contributed by atoms with Crippen molar-refractivity contribution < 1.29 is 4.79 Å². The molecule has 1 amide bonds. The summed E-state index contributed by atoms with van der Waals surface area (Å²) in [6, 6.07) is 18.2. The van der Waals surface area contributed by atoms with E-state index in [1.165, 1.54) is 22.4 Å². The van der Waals surface area contributed by atoms with Crippen LogP contribution in [0.2, 0.25) is 0 Å². The lowest BCUT2D eigenvalue weighted by Crippen LogP contribution is -2.50. The maximum atomic E-state index is 12.1. The molecule has 5 heteroatoms. The van der Waals surface area contributed by atoms with Crippen LogP contribution in [0.3, 0.4) is 0 Å². The van der Waals surface area contributed by atoms with Crippen LogP contribution in [-0.2, 0) is 11.3 Å². The van der Waals surface area contributed by atoms with Crippen molar-refractivity contribution in [2.45, 2.75) is 38.8 Å². The molecule has 2 aromatic rings. The van der Waals surface area contributed by atoms with Crippen LogP contribution in [0.1, 0.15) is 42.9 Å². The van der Waals surface area contributed by atoms with Crippen LogP contribution in [0.25, 0.3) is 0 Å². The maximum Gasteiger partial charge on any atom is 0.234 e. The van der Waals surface area contributed by atoms with Gasteiger partial charge in [-0.1, -0.05) is 36.4 Å². The van der Waals surface area contributed by atoms with Gasteiger partial charge in [0.25, 0.3) is 0 Å². The normalized spacial score (nSPS) is 20.4. The standard InChI is InChI=1S/C26H36N4O/c1-20(2)27-26(31)19-29-13-15-30(16-14-29)23-9-10-24-22(17-23)18-28(3)12-11-25(24)21-7-5-4-6-8-21/h4-10,17,20,25H,11-16,18-19H2,1-3H3,(H,27,31). The third kappa shape index (κ3) is 5.46. The van der Waals surface area contributed by atoms with Gasteiger partial charge in [0.1, 0.15) is 0 Å². The van der Waals surface area contributed by atoms with Gasteiger partial charge in [0.15, 0.2) is 0 Å². The molecule has 166 valence electrons. The van der Waals surface area contributed by atoms with Gasteiger partial charge in [-0.05, 0) is 62.7 Å². The van der Waals surface area contributed by atoms with Gasteiger partial charge in [0.05, 0.1) is 6.54 Å². The Morgan fingerprint density at radius 3 is 2.48 bits per heavy atom. The fourth-order valence-electron chi connectivity index (χ4n) is 4.91. The first-order valence-corrected chi connectivity index (χ1v) is 11.6. The minimum atomic E-state index is 0.128. The summed E-state index contributed by atoms with van der Waals surface area (Å²) in [5.74, 6) is 0.593. The smallest absolute Gasteiger partial charge is 0.234 e. The van der Waals surface area contributed by atoms with Crippen LogP contribution in [0.5, 0.6) is 0 Å². The summed E-state index contributed by atoms with van der Waals surface area (Å²) < 4.78 is 0. The first kappa shape index (κ1) is 21.8. The number of carbonyl (C=O) groups excluding carboxylic acids is 1. The Hall–Kier alpha value is -2.37. The van der Waals surface area contributed by atoms with Crippen molar-refractivity contribution in [3.05, 3.63) is 65.2 Å². The highest BCUT2D eigenvalue weighted by molar-refractivity contribution is 5.78. The van der Waals surface area contributed by atoms with Crippen LogP contribution in [-0.4, -0.2) is 68.1 Å². The van der Waals surface area contributed by atoms with Crippen LogP contribution in [0.15, 0.2) is 48.5 Å². The molecule has 0 saturated carbocycles. The number of nitrogens with one attached hydrogen (secondary N) is 1. The van der Waals surface area contributed by atoms with Crippen LogP contribution < -0.4 is 10.2 Å². The van der Waals surface area contributed by atoms with E-state index in [4.69, 9.17) is 0 Å². The summed E-state index contributed by atoms with van der Waals surface area (Å²) in [4.78, 5) is 19.2. The molecule has 1 fully saturated rings. The monoisotopic (exact) mass is 420 g/mol. The van der Waals surface area contributed by atoms with E-state index in [9.17, 15) is 4.79 Å². The summed E-state index contributed by atoms with van der Waals surface area (Å²) >= 11 is 0. The summed E-state index contributed by atoms with van der Waals surface area (Å²) in [5, 5.41) is 3.00. The molecule has 2 aromatic carbocycles. The van der Waals surface area contributed by atoms with Crippen molar-refractivity contribution >= 4 is 11.6 Å². The number of benzene rings is 2. The van der Waals surface area contributed by atoms with Crippen molar-refractivity contribution in [1.29, 1.82) is 0 Å². The maximum absolute atomic E-state index is 12.1. The van der Waals surface area contributed by atoms with Gasteiger partial charge in [0.2, 0.25) is 5.91 Å². The predicted molar refractivity (Wildman–Crippen MR) is 128 cm³/mol. The van der Waals surface area contributed by atoms with Gasteiger partial charge in [-0.3, -0.25) is 9.69 Å². The number of piperazine rings is 1. The van der Waals surface area contributed by atoms with E-state index in [0.29, 0.717) is 12.5 Å². The zero-order chi connectivity index (χ0) is 21.8. The second kappa shape index (κ2) is 9.84. The molecule has 1 saturated heterocycles. The minimum absolute atomic E-state index is 0.128. The second-order valence-corrected chi connectivity index (χ2v) is 9.36. The number of nitrogens with zero attached hydrogens (tertiary/aromatic N) is 3. The number of carbonyl (C=O) groups is 1. The fraction of sp³-hybridized carbons (Fsp3) is 0.500. The molecule has 0 bridgehead atoms. The first-order chi connectivity index (χ1) is 15.0. The van der Waals surface area contributed by atoms with Crippen molar-refractivity contribution in [2.75, 3.05) is 51.2 Å². The van der Waals surface area contributed by atoms with Crippen molar-refractivity contribution in [2.24, 2.45) is 0 Å². The highest BCUT2D eigenvalue weighted by Crippen LogP contribution is 2.35. The molecule has 0 aliphatic carbocycles. The Morgan fingerprint density at radius 2 is 1.77 bits per heavy atom. The van der Waals surface area contributed by atoms with Gasteiger partial charge < -0.3 is 15.1 Å². The molecule has 1 N–H and O–H groups in total. The molecule has 0 spiro atoms. The molecule has 2 aliphatic rings. The Morgan fingerprint density at radius 1 is 1.03 bits per heavy atom. The molecule has 0 radical (unpaired) electrons. The van der Waals surface area contributed by atoms with Crippen molar-refractivity contribution in [1.82, 2.24) is 15.1 Å². The third-order valence-electron chi connectivity index (χ3n) is 6.50. The van der Waals surface area contributed by atoms with Crippen molar-refractivity contribution in [3.63, 3.8) is 0 Å². The number of amides is 1. The number of hydrogen-bond donors (Lipinski definition) is 1. The lowest BCUT2D eigenvalue weighted by molar-refractivity contribution is -0.122. The van der Waals surface area contributed by atoms with Gasteiger partial charge in [-0.15, -0.1) is 0 Å². The first-order valence-electron chi connectivity index (χ1n) is 11.6. The lowest BCUT2D eigenvalue weighted by Gasteiger charge is -2.36. The predicted octanol–water partition coefficient (Wildman–Crippen LogP) is 3.30. The SMILES string of the molecule is CC(C)NC(=O)CN1CCN(c2ccc3c(c2)CN(C)CCC3c2ccccc2)CC1. The number of anilines is 1. The van der Waals surface area contributed by atoms with E-state index in [1.807, 2.05) is 13.8 Å². The average Bonchev–Trinajstić information content (AvgIpc) is 2.92. The van der Waals surface area contributed by atoms with E-state index >= 15 is 0 Å². The highest BCUT2D eigenvalue weighted by atomic mass is 16.2. The lowest BCUT2D eigenvalue weighted by atomic mass is 9.86. The topological polar surface area (TPSA) is 38.8 Å². The van der Waals surface area contributed by atoms with E-state index < -0.39 is 0 Å². The van der Waals surface area contributed by atoms with Gasteiger partial charge in [0, 0.05) is 50.4 Å². The molecule has 4 rings (SSSR count). The minimum Gasteiger partial charge on any atom is -0.369 e. The summed E-state index contributed by atoms with van der Waals surface area (Å²) in [6.45, 7) is 10.4. The Balaban J connectivity index is 1.46. The molecule has 2 heterocycles. The average molecular weight is 421 g/mol. The van der Waals surface area contributed by atoms with E-state index in [1.54, 1.807) is 0 Å². The zero-order valence-electron chi connectivity index (χ0n) is 19.2. The van der Waals surface area contributed by atoms with Crippen LogP contribution >= 0.6 is 0 Å². The Bertz CT molecular complexity index is 874. The van der Waals surface area contributed by atoms with Gasteiger partial charge in [-0.25, -0.2) is 0 Å². The second-order valence-electron chi connectivity index (χ2n) is 9.36. The zero-order valence-corrected chi connectivity index (χ0v) is 19.2. The Kier molecular flexibility index (Phi) is 6.93. The molecule has 1 atom stereocenters. The van der Waals surface area contributed by atoms with Crippen LogP contribution in [0.4, 0.5) is 5.69 Å². The fourth-order valence-corrected chi connectivity index (χ4v) is 4.91. The van der Waals surface area contributed by atoms with Crippen molar-refractivity contribution in [3.8, 4) is 0 Å². The van der Waals surface area contributed by atoms with Gasteiger partial charge >= 0.3 is 0 Å². The molecule has 0 aromatic heterocycles. The van der Waals surface area contributed by atoms with E-state index in [-0.39, 0.29) is 11.9 Å². The summed E-state index contributed by atoms with van der Waals surface area (Å²) in [7, 11) is 2.23. The van der Waals surface area contributed by atoms with E-state index in [2.05, 4.69) is 75.6 Å². The Labute approximate surface area is 187 Å². The quantitative estimate of drug-likeness (QED) is 0.806. The number of rotatable bonds is 5. The molecule has 2 aliphatic heterocycles. The molecule has 1 unspecified atom stereocenters. The largest absolute Gasteiger partial charge is 0.369 e. The highest BCUT2D eigenvalue weighted by Gasteiger charge is 2.24. The number of fused-ring (bicyclic) bond motifs is 1. The summed E-state index contributed by atoms with van der Waals surface area (Å²) in [6.07, 6.45) is 1.16. The molecular formula is C26H36N4O. The molecule has 31 heavy (non-hydrogen) atoms. The third-order valence-corrected chi connectivity index (χ3v) is 6.50. The molecular weight excluding hydrogens is 384 g/mol.